The van der Waals surface area contributed by atoms with Gasteiger partial charge in [-0.1, -0.05) is 5.16 Å². The van der Waals surface area contributed by atoms with Gasteiger partial charge < -0.3 is 9.42 Å². The molecule has 0 radical (unpaired) electrons. The van der Waals surface area contributed by atoms with Crippen LogP contribution >= 0.6 is 11.8 Å². The Labute approximate surface area is 79.5 Å². The lowest BCUT2D eigenvalue weighted by Gasteiger charge is -2.10. The van der Waals surface area contributed by atoms with E-state index >= 15 is 0 Å². The van der Waals surface area contributed by atoms with Gasteiger partial charge in [0.25, 0.3) is 11.7 Å². The molecule has 1 aromatic rings. The third-order valence-corrected chi connectivity index (χ3v) is 2.72. The number of rotatable bonds is 1. The quantitative estimate of drug-likeness (QED) is 0.660. The molecule has 1 amide bonds. The van der Waals surface area contributed by atoms with Crippen LogP contribution in [0.3, 0.4) is 0 Å². The summed E-state index contributed by atoms with van der Waals surface area (Å²) in [6.07, 6.45) is 0. The number of hydrogen-bond acceptors (Lipinski definition) is 5. The summed E-state index contributed by atoms with van der Waals surface area (Å²) in [6.45, 7) is 2.44. The predicted octanol–water partition coefficient (Wildman–Crippen LogP) is 0.525. The van der Waals surface area contributed by atoms with Crippen molar-refractivity contribution in [3.05, 3.63) is 11.7 Å². The first kappa shape index (κ1) is 8.55. The molecule has 2 rings (SSSR count). The monoisotopic (exact) mass is 199 g/mol. The summed E-state index contributed by atoms with van der Waals surface area (Å²) in [5.74, 6) is 2.17. The highest BCUT2D eigenvalue weighted by Gasteiger charge is 2.23. The topological polar surface area (TPSA) is 59.2 Å². The summed E-state index contributed by atoms with van der Waals surface area (Å²) >= 11 is 1.73. The summed E-state index contributed by atoms with van der Waals surface area (Å²) in [6, 6.07) is 0. The molecule has 0 aromatic carbocycles. The molecule has 0 atom stereocenters. The standard InChI is InChI=1S/C7H9N3O2S/c1-5-8-6(9-12-5)7(11)10-2-3-13-4-10/h2-4H2,1H3. The molecule has 0 unspecified atom stereocenters. The van der Waals surface area contributed by atoms with Crippen molar-refractivity contribution in [2.24, 2.45) is 0 Å². The van der Waals surface area contributed by atoms with Gasteiger partial charge in [-0.3, -0.25) is 4.79 Å². The molecule has 0 aliphatic carbocycles. The van der Waals surface area contributed by atoms with Crippen molar-refractivity contribution in [1.29, 1.82) is 0 Å². The van der Waals surface area contributed by atoms with Gasteiger partial charge in [-0.05, 0) is 0 Å². The van der Waals surface area contributed by atoms with Crippen molar-refractivity contribution >= 4 is 17.7 Å². The maximum Gasteiger partial charge on any atom is 0.295 e. The number of hydrogen-bond donors (Lipinski definition) is 0. The van der Waals surface area contributed by atoms with Gasteiger partial charge in [0.2, 0.25) is 5.89 Å². The van der Waals surface area contributed by atoms with Crippen LogP contribution in [0.1, 0.15) is 16.5 Å². The van der Waals surface area contributed by atoms with Gasteiger partial charge in [-0.15, -0.1) is 11.8 Å². The molecule has 0 N–H and O–H groups in total. The fourth-order valence-electron chi connectivity index (χ4n) is 1.10. The lowest BCUT2D eigenvalue weighted by Crippen LogP contribution is -2.28. The lowest BCUT2D eigenvalue weighted by atomic mass is 10.5. The second kappa shape index (κ2) is 3.37. The van der Waals surface area contributed by atoms with E-state index in [0.29, 0.717) is 5.89 Å². The second-order valence-corrected chi connectivity index (χ2v) is 3.82. The van der Waals surface area contributed by atoms with Crippen molar-refractivity contribution in [2.75, 3.05) is 18.2 Å². The Morgan fingerprint density at radius 3 is 3.08 bits per heavy atom. The Morgan fingerprint density at radius 1 is 1.69 bits per heavy atom. The average molecular weight is 199 g/mol. The first-order valence-electron chi connectivity index (χ1n) is 3.95. The Morgan fingerprint density at radius 2 is 2.54 bits per heavy atom. The Kier molecular flexibility index (Phi) is 2.22. The van der Waals surface area contributed by atoms with Crippen molar-refractivity contribution in [3.63, 3.8) is 0 Å². The molecule has 1 saturated heterocycles. The van der Waals surface area contributed by atoms with E-state index < -0.39 is 0 Å². The molecule has 13 heavy (non-hydrogen) atoms. The third-order valence-electron chi connectivity index (χ3n) is 1.76. The zero-order chi connectivity index (χ0) is 9.26. The number of aryl methyl sites for hydroxylation is 1. The molecular weight excluding hydrogens is 190 g/mol. The van der Waals surface area contributed by atoms with Crippen LogP contribution in [-0.2, 0) is 0 Å². The van der Waals surface area contributed by atoms with Crippen LogP contribution in [-0.4, -0.2) is 39.1 Å². The summed E-state index contributed by atoms with van der Waals surface area (Å²) in [5, 5.41) is 3.57. The predicted molar refractivity (Wildman–Crippen MR) is 47.4 cm³/mol. The maximum absolute atomic E-state index is 11.6. The van der Waals surface area contributed by atoms with Gasteiger partial charge >= 0.3 is 0 Å². The minimum Gasteiger partial charge on any atom is -0.339 e. The molecule has 70 valence electrons. The Hall–Kier alpha value is -1.04. The van der Waals surface area contributed by atoms with Crippen molar-refractivity contribution in [3.8, 4) is 0 Å². The van der Waals surface area contributed by atoms with E-state index in [1.165, 1.54) is 0 Å². The number of thioether (sulfide) groups is 1. The molecule has 1 fully saturated rings. The normalized spacial score (nSPS) is 16.5. The fourth-order valence-corrected chi connectivity index (χ4v) is 2.05. The highest BCUT2D eigenvalue weighted by atomic mass is 32.2. The summed E-state index contributed by atoms with van der Waals surface area (Å²) in [4.78, 5) is 17.2. The van der Waals surface area contributed by atoms with Crippen LogP contribution in [0, 0.1) is 6.92 Å². The SMILES string of the molecule is Cc1nc(C(=O)N2CCSC2)no1. The molecular formula is C7H9N3O2S. The first-order chi connectivity index (χ1) is 6.27. The molecule has 5 nitrogen and oxygen atoms in total. The van der Waals surface area contributed by atoms with Crippen molar-refractivity contribution < 1.29 is 9.32 Å². The van der Waals surface area contributed by atoms with Gasteiger partial charge in [0.15, 0.2) is 0 Å². The Balaban J connectivity index is 2.12. The van der Waals surface area contributed by atoms with E-state index in [0.717, 1.165) is 18.2 Å². The number of carbonyl (C=O) groups excluding carboxylic acids is 1. The molecule has 1 aromatic heterocycles. The number of aromatic nitrogens is 2. The lowest BCUT2D eigenvalue weighted by molar-refractivity contribution is 0.0787. The zero-order valence-corrected chi connectivity index (χ0v) is 8.00. The maximum atomic E-state index is 11.6. The fraction of sp³-hybridized carbons (Fsp3) is 0.571. The highest BCUT2D eigenvalue weighted by molar-refractivity contribution is 7.99. The van der Waals surface area contributed by atoms with E-state index in [-0.39, 0.29) is 11.7 Å². The molecule has 0 bridgehead atoms. The van der Waals surface area contributed by atoms with Crippen LogP contribution in [0.15, 0.2) is 4.52 Å². The minimum absolute atomic E-state index is 0.137. The second-order valence-electron chi connectivity index (χ2n) is 2.74. The van der Waals surface area contributed by atoms with Crippen LogP contribution < -0.4 is 0 Å². The molecule has 2 heterocycles. The summed E-state index contributed by atoms with van der Waals surface area (Å²) in [7, 11) is 0. The zero-order valence-electron chi connectivity index (χ0n) is 7.19. The number of carbonyl (C=O) groups is 1. The van der Waals surface area contributed by atoms with Crippen LogP contribution in [0.25, 0.3) is 0 Å². The summed E-state index contributed by atoms with van der Waals surface area (Å²) < 4.78 is 4.73. The van der Waals surface area contributed by atoms with Gasteiger partial charge in [-0.25, -0.2) is 0 Å². The first-order valence-corrected chi connectivity index (χ1v) is 5.10. The van der Waals surface area contributed by atoms with Gasteiger partial charge in [0.05, 0.1) is 5.88 Å². The molecule has 0 saturated carbocycles. The van der Waals surface area contributed by atoms with E-state index in [9.17, 15) is 4.79 Å². The smallest absolute Gasteiger partial charge is 0.295 e. The van der Waals surface area contributed by atoms with Crippen molar-refractivity contribution in [1.82, 2.24) is 15.0 Å². The number of amides is 1. The van der Waals surface area contributed by atoms with Gasteiger partial charge in [-0.2, -0.15) is 4.98 Å². The van der Waals surface area contributed by atoms with E-state index in [1.54, 1.807) is 23.6 Å². The van der Waals surface area contributed by atoms with Crippen molar-refractivity contribution in [2.45, 2.75) is 6.92 Å². The van der Waals surface area contributed by atoms with Gasteiger partial charge in [0, 0.05) is 19.2 Å². The molecule has 0 spiro atoms. The Bertz CT molecular complexity index is 319. The van der Waals surface area contributed by atoms with Crippen LogP contribution in [0.4, 0.5) is 0 Å². The largest absolute Gasteiger partial charge is 0.339 e. The highest BCUT2D eigenvalue weighted by Crippen LogP contribution is 2.15. The number of nitrogens with zero attached hydrogens (tertiary/aromatic N) is 3. The van der Waals surface area contributed by atoms with Gasteiger partial charge in [0.1, 0.15) is 0 Å². The van der Waals surface area contributed by atoms with Crippen LogP contribution in [0.2, 0.25) is 0 Å². The minimum atomic E-state index is -0.137. The van der Waals surface area contributed by atoms with E-state index in [2.05, 4.69) is 10.1 Å². The third kappa shape index (κ3) is 1.67. The molecule has 1 aliphatic heterocycles. The van der Waals surface area contributed by atoms with E-state index in [4.69, 9.17) is 4.52 Å². The molecule has 6 heteroatoms. The average Bonchev–Trinajstić information content (AvgIpc) is 2.72. The molecule has 1 aliphatic rings. The van der Waals surface area contributed by atoms with Crippen LogP contribution in [0.5, 0.6) is 0 Å². The summed E-state index contributed by atoms with van der Waals surface area (Å²) in [5.41, 5.74) is 0. The van der Waals surface area contributed by atoms with E-state index in [1.807, 2.05) is 0 Å².